The highest BCUT2D eigenvalue weighted by Crippen LogP contribution is 2.34. The van der Waals surface area contributed by atoms with Gasteiger partial charge >= 0.3 is 0 Å². The van der Waals surface area contributed by atoms with Crippen LogP contribution in [0.3, 0.4) is 0 Å². The van der Waals surface area contributed by atoms with Crippen LogP contribution in [0.4, 0.5) is 11.4 Å². The summed E-state index contributed by atoms with van der Waals surface area (Å²) < 4.78 is 0.586. The van der Waals surface area contributed by atoms with Crippen molar-refractivity contribution < 1.29 is 4.92 Å². The Labute approximate surface area is 88.2 Å². The van der Waals surface area contributed by atoms with Gasteiger partial charge in [0.2, 0.25) is 0 Å². The van der Waals surface area contributed by atoms with E-state index in [-0.39, 0.29) is 5.69 Å². The zero-order valence-corrected chi connectivity index (χ0v) is 9.02. The Balaban J connectivity index is 3.38. The first-order chi connectivity index (χ1) is 6.06. The van der Waals surface area contributed by atoms with Gasteiger partial charge in [0, 0.05) is 17.6 Å². The molecule has 1 aromatic carbocycles. The maximum absolute atomic E-state index is 10.6. The molecule has 6 heteroatoms. The fourth-order valence-electron chi connectivity index (χ4n) is 0.951. The summed E-state index contributed by atoms with van der Waals surface area (Å²) in [4.78, 5) is 10.1. The van der Waals surface area contributed by atoms with E-state index in [1.165, 1.54) is 6.07 Å². The largest absolute Gasteiger partial charge is 0.381 e. The molecule has 1 aromatic rings. The van der Waals surface area contributed by atoms with Gasteiger partial charge in [0.05, 0.1) is 9.95 Å². The van der Waals surface area contributed by atoms with Crippen LogP contribution < -0.4 is 5.32 Å². The van der Waals surface area contributed by atoms with Gasteiger partial charge in [0.15, 0.2) is 0 Å². The molecule has 0 atom stereocenters. The summed E-state index contributed by atoms with van der Waals surface area (Å²) in [6, 6.07) is 3.00. The van der Waals surface area contributed by atoms with Gasteiger partial charge in [0.1, 0.15) is 5.69 Å². The van der Waals surface area contributed by atoms with Gasteiger partial charge in [-0.3, -0.25) is 10.1 Å². The summed E-state index contributed by atoms with van der Waals surface area (Å²) in [5, 5.41) is 13.6. The molecule has 0 aliphatic heterocycles. The highest BCUT2D eigenvalue weighted by Gasteiger charge is 2.16. The molecule has 0 heterocycles. The average Bonchev–Trinajstić information content (AvgIpc) is 2.02. The standard InChI is InChI=1S/C7H6BrClN2O2/c1-10-7-5(9)2-4(8)3-6(7)11(12)13/h2-3,10H,1H3. The maximum atomic E-state index is 10.6. The van der Waals surface area contributed by atoms with Gasteiger partial charge in [-0.05, 0) is 6.07 Å². The van der Waals surface area contributed by atoms with Gasteiger partial charge in [-0.1, -0.05) is 27.5 Å². The first kappa shape index (κ1) is 10.3. The van der Waals surface area contributed by atoms with Crippen molar-refractivity contribution in [1.29, 1.82) is 0 Å². The molecule has 0 aliphatic carbocycles. The molecular formula is C7H6BrClN2O2. The van der Waals surface area contributed by atoms with E-state index >= 15 is 0 Å². The minimum Gasteiger partial charge on any atom is -0.381 e. The molecule has 0 saturated heterocycles. The molecule has 0 radical (unpaired) electrons. The molecule has 0 amide bonds. The van der Waals surface area contributed by atoms with Gasteiger partial charge in [-0.25, -0.2) is 0 Å². The van der Waals surface area contributed by atoms with Crippen molar-refractivity contribution in [2.45, 2.75) is 0 Å². The number of rotatable bonds is 2. The predicted octanol–water partition coefficient (Wildman–Crippen LogP) is 3.05. The van der Waals surface area contributed by atoms with Crippen LogP contribution in [0.1, 0.15) is 0 Å². The number of nitro groups is 1. The first-order valence-electron chi connectivity index (χ1n) is 3.37. The highest BCUT2D eigenvalue weighted by molar-refractivity contribution is 9.10. The number of hydrogen-bond acceptors (Lipinski definition) is 3. The maximum Gasteiger partial charge on any atom is 0.294 e. The van der Waals surface area contributed by atoms with Gasteiger partial charge in [-0.2, -0.15) is 0 Å². The quantitative estimate of drug-likeness (QED) is 0.660. The Bertz CT molecular complexity index is 357. The van der Waals surface area contributed by atoms with Gasteiger partial charge < -0.3 is 5.32 Å². The lowest BCUT2D eigenvalue weighted by Crippen LogP contribution is -1.97. The lowest BCUT2D eigenvalue weighted by atomic mass is 10.2. The van der Waals surface area contributed by atoms with E-state index < -0.39 is 4.92 Å². The Morgan fingerprint density at radius 3 is 2.69 bits per heavy atom. The van der Waals surface area contributed by atoms with Crippen LogP contribution in [-0.4, -0.2) is 12.0 Å². The van der Waals surface area contributed by atoms with Crippen molar-refractivity contribution >= 4 is 38.9 Å². The summed E-state index contributed by atoms with van der Waals surface area (Å²) in [7, 11) is 1.59. The van der Waals surface area contributed by atoms with Gasteiger partial charge in [0.25, 0.3) is 5.69 Å². The Morgan fingerprint density at radius 2 is 2.23 bits per heavy atom. The third-order valence-electron chi connectivity index (χ3n) is 1.48. The second-order valence-corrected chi connectivity index (χ2v) is 3.61. The lowest BCUT2D eigenvalue weighted by Gasteiger charge is -2.04. The van der Waals surface area contributed by atoms with E-state index in [1.54, 1.807) is 13.1 Å². The van der Waals surface area contributed by atoms with Crippen LogP contribution in [0.2, 0.25) is 5.02 Å². The number of nitrogens with one attached hydrogen (secondary N) is 1. The van der Waals surface area contributed by atoms with E-state index in [9.17, 15) is 10.1 Å². The van der Waals surface area contributed by atoms with E-state index in [1.807, 2.05) is 0 Å². The molecule has 0 fully saturated rings. The van der Waals surface area contributed by atoms with Crippen LogP contribution in [-0.2, 0) is 0 Å². The van der Waals surface area contributed by atoms with Crippen molar-refractivity contribution in [3.8, 4) is 0 Å². The SMILES string of the molecule is CNc1c(Cl)cc(Br)cc1[N+](=O)[O-]. The number of nitrogens with zero attached hydrogens (tertiary/aromatic N) is 1. The number of nitro benzene ring substituents is 1. The molecule has 0 unspecified atom stereocenters. The Morgan fingerprint density at radius 1 is 1.62 bits per heavy atom. The second-order valence-electron chi connectivity index (χ2n) is 2.29. The van der Waals surface area contributed by atoms with Crippen molar-refractivity contribution in [1.82, 2.24) is 0 Å². The molecule has 70 valence electrons. The zero-order valence-electron chi connectivity index (χ0n) is 6.67. The van der Waals surface area contributed by atoms with Crippen molar-refractivity contribution in [3.63, 3.8) is 0 Å². The molecule has 1 rings (SSSR count). The molecule has 1 N–H and O–H groups in total. The average molecular weight is 265 g/mol. The summed E-state index contributed by atoms with van der Waals surface area (Å²) >= 11 is 8.91. The van der Waals surface area contributed by atoms with Crippen LogP contribution in [0.5, 0.6) is 0 Å². The van der Waals surface area contributed by atoms with Crippen molar-refractivity contribution in [3.05, 3.63) is 31.7 Å². The highest BCUT2D eigenvalue weighted by atomic mass is 79.9. The van der Waals surface area contributed by atoms with E-state index in [4.69, 9.17) is 11.6 Å². The molecular weight excluding hydrogens is 259 g/mol. The van der Waals surface area contributed by atoms with Crippen molar-refractivity contribution in [2.75, 3.05) is 12.4 Å². The van der Waals surface area contributed by atoms with Crippen molar-refractivity contribution in [2.24, 2.45) is 0 Å². The molecule has 0 spiro atoms. The summed E-state index contributed by atoms with van der Waals surface area (Å²) in [5.74, 6) is 0. The molecule has 13 heavy (non-hydrogen) atoms. The molecule has 0 aromatic heterocycles. The first-order valence-corrected chi connectivity index (χ1v) is 4.54. The van der Waals surface area contributed by atoms with Gasteiger partial charge in [-0.15, -0.1) is 0 Å². The summed E-state index contributed by atoms with van der Waals surface area (Å²) in [5.41, 5.74) is 0.289. The van der Waals surface area contributed by atoms with Crippen LogP contribution in [0.25, 0.3) is 0 Å². The fourth-order valence-corrected chi connectivity index (χ4v) is 1.84. The fraction of sp³-hybridized carbons (Fsp3) is 0.143. The smallest absolute Gasteiger partial charge is 0.294 e. The topological polar surface area (TPSA) is 55.2 Å². The van der Waals surface area contributed by atoms with E-state index in [2.05, 4.69) is 21.2 Å². The minimum absolute atomic E-state index is 0.0399. The van der Waals surface area contributed by atoms with Crippen LogP contribution in [0.15, 0.2) is 16.6 Å². The molecule has 4 nitrogen and oxygen atoms in total. The predicted molar refractivity (Wildman–Crippen MR) is 55.4 cm³/mol. The number of benzene rings is 1. The number of anilines is 1. The minimum atomic E-state index is -0.484. The molecule has 0 saturated carbocycles. The lowest BCUT2D eigenvalue weighted by molar-refractivity contribution is -0.384. The third kappa shape index (κ3) is 2.10. The summed E-state index contributed by atoms with van der Waals surface area (Å²) in [6.45, 7) is 0. The second kappa shape index (κ2) is 3.93. The number of halogens is 2. The normalized spacial score (nSPS) is 9.77. The van der Waals surface area contributed by atoms with Crippen LogP contribution in [0, 0.1) is 10.1 Å². The monoisotopic (exact) mass is 264 g/mol. The summed E-state index contributed by atoms with van der Waals surface area (Å²) in [6.07, 6.45) is 0. The van der Waals surface area contributed by atoms with Crippen LogP contribution >= 0.6 is 27.5 Å². The number of hydrogen-bond donors (Lipinski definition) is 1. The molecule has 0 bridgehead atoms. The molecule has 0 aliphatic rings. The Kier molecular flexibility index (Phi) is 3.11. The van der Waals surface area contributed by atoms with E-state index in [0.717, 1.165) is 0 Å². The Hall–Kier alpha value is -0.810. The van der Waals surface area contributed by atoms with E-state index in [0.29, 0.717) is 15.2 Å². The zero-order chi connectivity index (χ0) is 10.0. The third-order valence-corrected chi connectivity index (χ3v) is 2.24.